The molecule has 0 atom stereocenters. The summed E-state index contributed by atoms with van der Waals surface area (Å²) in [6.07, 6.45) is 0. The maximum atomic E-state index is 12.0. The minimum atomic E-state index is -3.51. The maximum Gasteiger partial charge on any atom is 0.282 e. The molecule has 80 valence electrons. The van der Waals surface area contributed by atoms with Crippen LogP contribution in [0.4, 0.5) is 5.69 Å². The molecule has 0 saturated carbocycles. The zero-order valence-electron chi connectivity index (χ0n) is 8.45. The van der Waals surface area contributed by atoms with Crippen molar-refractivity contribution in [2.75, 3.05) is 0 Å². The van der Waals surface area contributed by atoms with Crippen LogP contribution in [0.1, 0.15) is 13.8 Å². The van der Waals surface area contributed by atoms with Crippen LogP contribution in [0, 0.1) is 0 Å². The molecule has 1 aromatic carbocycles. The van der Waals surface area contributed by atoms with E-state index in [2.05, 4.69) is 10.3 Å². The van der Waals surface area contributed by atoms with E-state index < -0.39 is 10.0 Å². The van der Waals surface area contributed by atoms with Crippen LogP contribution >= 0.6 is 0 Å². The van der Waals surface area contributed by atoms with Crippen molar-refractivity contribution in [1.82, 2.24) is 4.41 Å². The summed E-state index contributed by atoms with van der Waals surface area (Å²) in [5, 5.41) is 7.56. The number of rotatable bonds is 1. The molecular formula is C9H11N3O2S. The molecule has 0 N–H and O–H groups in total. The van der Waals surface area contributed by atoms with Crippen LogP contribution < -0.4 is 0 Å². The number of nitrogens with zero attached hydrogens (tertiary/aromatic N) is 3. The first-order valence-corrected chi connectivity index (χ1v) is 6.02. The van der Waals surface area contributed by atoms with Crippen LogP contribution in [0.2, 0.25) is 0 Å². The molecule has 0 fully saturated rings. The van der Waals surface area contributed by atoms with Crippen LogP contribution in [0.15, 0.2) is 39.5 Å². The molecule has 2 rings (SSSR count). The minimum absolute atomic E-state index is 0.216. The second kappa shape index (κ2) is 3.30. The Bertz CT molecular complexity index is 508. The second-order valence-corrected chi connectivity index (χ2v) is 5.29. The summed E-state index contributed by atoms with van der Waals surface area (Å²) in [7, 11) is -3.51. The lowest BCUT2D eigenvalue weighted by molar-refractivity contribution is 0.346. The van der Waals surface area contributed by atoms with Gasteiger partial charge >= 0.3 is 0 Å². The van der Waals surface area contributed by atoms with Gasteiger partial charge in [-0.3, -0.25) is 0 Å². The Kier molecular flexibility index (Phi) is 2.22. The Labute approximate surface area is 88.5 Å². The average Bonchev–Trinajstić information content (AvgIpc) is 2.17. The highest BCUT2D eigenvalue weighted by Gasteiger charge is 2.31. The van der Waals surface area contributed by atoms with Crippen molar-refractivity contribution in [3.63, 3.8) is 0 Å². The monoisotopic (exact) mass is 225 g/mol. The molecule has 0 bridgehead atoms. The number of benzene rings is 1. The predicted octanol–water partition coefficient (Wildman–Crippen LogP) is 2.10. The van der Waals surface area contributed by atoms with Crippen molar-refractivity contribution in [1.29, 1.82) is 0 Å². The van der Waals surface area contributed by atoms with Gasteiger partial charge < -0.3 is 0 Å². The molecular weight excluding hydrogens is 214 g/mol. The molecule has 1 heterocycles. The number of fused-ring (bicyclic) bond motifs is 1. The molecule has 0 unspecified atom stereocenters. The predicted molar refractivity (Wildman–Crippen MR) is 55.1 cm³/mol. The van der Waals surface area contributed by atoms with E-state index in [1.54, 1.807) is 32.0 Å². The summed E-state index contributed by atoms with van der Waals surface area (Å²) in [4.78, 5) is 0.216. The SMILES string of the molecule is CC(C)N1N=Nc2ccccc2S1(=O)=O. The molecule has 5 nitrogen and oxygen atoms in total. The van der Waals surface area contributed by atoms with Gasteiger partial charge in [-0.1, -0.05) is 17.4 Å². The van der Waals surface area contributed by atoms with Crippen molar-refractivity contribution >= 4 is 15.7 Å². The van der Waals surface area contributed by atoms with Gasteiger partial charge in [0.05, 0.1) is 6.04 Å². The van der Waals surface area contributed by atoms with Crippen molar-refractivity contribution in [2.24, 2.45) is 10.3 Å². The van der Waals surface area contributed by atoms with Crippen LogP contribution in [-0.2, 0) is 10.0 Å². The smallest absolute Gasteiger partial charge is 0.199 e. The zero-order chi connectivity index (χ0) is 11.1. The summed E-state index contributed by atoms with van der Waals surface area (Å²) >= 11 is 0. The van der Waals surface area contributed by atoms with Crippen LogP contribution in [0.3, 0.4) is 0 Å². The highest BCUT2D eigenvalue weighted by Crippen LogP contribution is 2.32. The Hall–Kier alpha value is -1.43. The lowest BCUT2D eigenvalue weighted by atomic mass is 10.3. The van der Waals surface area contributed by atoms with Gasteiger partial charge in [0, 0.05) is 0 Å². The van der Waals surface area contributed by atoms with E-state index in [1.807, 2.05) is 0 Å². The zero-order valence-corrected chi connectivity index (χ0v) is 9.27. The van der Waals surface area contributed by atoms with E-state index in [0.29, 0.717) is 5.69 Å². The lowest BCUT2D eigenvalue weighted by Crippen LogP contribution is -2.33. The van der Waals surface area contributed by atoms with Gasteiger partial charge in [-0.25, -0.2) is 0 Å². The lowest BCUT2D eigenvalue weighted by Gasteiger charge is -2.24. The van der Waals surface area contributed by atoms with Gasteiger partial charge in [0.2, 0.25) is 0 Å². The summed E-state index contributed by atoms with van der Waals surface area (Å²) in [6, 6.07) is 6.35. The highest BCUT2D eigenvalue weighted by molar-refractivity contribution is 7.89. The Balaban J connectivity index is 2.63. The molecule has 0 spiro atoms. The third kappa shape index (κ3) is 1.50. The van der Waals surface area contributed by atoms with Gasteiger partial charge in [0.15, 0.2) is 0 Å². The van der Waals surface area contributed by atoms with E-state index in [9.17, 15) is 8.42 Å². The molecule has 0 saturated heterocycles. The van der Waals surface area contributed by atoms with Crippen molar-refractivity contribution < 1.29 is 8.42 Å². The summed E-state index contributed by atoms with van der Waals surface area (Å²) in [6.45, 7) is 3.51. The van der Waals surface area contributed by atoms with Crippen LogP contribution in [0.5, 0.6) is 0 Å². The second-order valence-electron chi connectivity index (χ2n) is 3.53. The first-order chi connectivity index (χ1) is 7.03. The molecule has 0 aliphatic carbocycles. The Morgan fingerprint density at radius 1 is 1.27 bits per heavy atom. The van der Waals surface area contributed by atoms with Crippen molar-refractivity contribution in [3.8, 4) is 0 Å². The number of sulfonamides is 1. The van der Waals surface area contributed by atoms with Gasteiger partial charge in [0.1, 0.15) is 10.6 Å². The van der Waals surface area contributed by atoms with Gasteiger partial charge in [-0.2, -0.15) is 12.8 Å². The van der Waals surface area contributed by atoms with E-state index in [1.165, 1.54) is 6.07 Å². The molecule has 15 heavy (non-hydrogen) atoms. The maximum absolute atomic E-state index is 12.0. The first-order valence-electron chi connectivity index (χ1n) is 4.58. The first kappa shape index (κ1) is 10.1. The Morgan fingerprint density at radius 2 is 1.93 bits per heavy atom. The molecule has 0 radical (unpaired) electrons. The number of hydrogen-bond donors (Lipinski definition) is 0. The van der Waals surface area contributed by atoms with Crippen molar-refractivity contribution in [3.05, 3.63) is 24.3 Å². The Morgan fingerprint density at radius 3 is 2.60 bits per heavy atom. The third-order valence-corrected chi connectivity index (χ3v) is 3.96. The molecule has 1 aliphatic heterocycles. The fraction of sp³-hybridized carbons (Fsp3) is 0.333. The molecule has 6 heteroatoms. The van der Waals surface area contributed by atoms with Gasteiger partial charge in [-0.05, 0) is 26.0 Å². The van der Waals surface area contributed by atoms with Gasteiger partial charge in [0.25, 0.3) is 10.0 Å². The normalized spacial score (nSPS) is 17.9. The number of hydrogen-bond acceptors (Lipinski definition) is 4. The third-order valence-electron chi connectivity index (χ3n) is 2.07. The molecule has 1 aliphatic rings. The molecule has 0 amide bonds. The summed E-state index contributed by atoms with van der Waals surface area (Å²) < 4.78 is 25.1. The minimum Gasteiger partial charge on any atom is -0.199 e. The van der Waals surface area contributed by atoms with Crippen LogP contribution in [-0.4, -0.2) is 18.9 Å². The van der Waals surface area contributed by atoms with Crippen LogP contribution in [0.25, 0.3) is 0 Å². The van der Waals surface area contributed by atoms with E-state index >= 15 is 0 Å². The van der Waals surface area contributed by atoms with E-state index in [4.69, 9.17) is 0 Å². The highest BCUT2D eigenvalue weighted by atomic mass is 32.2. The topological polar surface area (TPSA) is 62.1 Å². The average molecular weight is 225 g/mol. The fourth-order valence-electron chi connectivity index (χ4n) is 1.38. The van der Waals surface area contributed by atoms with E-state index in [0.717, 1.165) is 4.41 Å². The molecule has 1 aromatic rings. The standard InChI is InChI=1S/C9H11N3O2S/c1-7(2)12-11-10-8-5-3-4-6-9(8)15(12,13)14/h3-7H,1-2H3. The molecule has 0 aromatic heterocycles. The van der Waals surface area contributed by atoms with E-state index in [-0.39, 0.29) is 10.9 Å². The summed E-state index contributed by atoms with van der Waals surface area (Å²) in [5.41, 5.74) is 0.398. The quantitative estimate of drug-likeness (QED) is 0.734. The van der Waals surface area contributed by atoms with Gasteiger partial charge in [-0.15, -0.1) is 5.11 Å². The fourth-order valence-corrected chi connectivity index (χ4v) is 2.89. The largest absolute Gasteiger partial charge is 0.282 e. The van der Waals surface area contributed by atoms with Crippen molar-refractivity contribution in [2.45, 2.75) is 24.8 Å². The summed E-state index contributed by atoms with van der Waals surface area (Å²) in [5.74, 6) is 0.